The van der Waals surface area contributed by atoms with Crippen molar-refractivity contribution in [1.82, 2.24) is 0 Å². The van der Waals surface area contributed by atoms with Gasteiger partial charge in [-0.05, 0) is 47.3 Å². The van der Waals surface area contributed by atoms with Crippen LogP contribution in [0.4, 0.5) is 5.69 Å². The van der Waals surface area contributed by atoms with Gasteiger partial charge in [0.1, 0.15) is 13.2 Å². The largest absolute Gasteiger partial charge is 0.486 e. The fourth-order valence-electron chi connectivity index (χ4n) is 2.60. The number of fused-ring (bicyclic) bond motifs is 1. The van der Waals surface area contributed by atoms with Gasteiger partial charge in [-0.1, -0.05) is 6.07 Å². The Morgan fingerprint density at radius 1 is 1.12 bits per heavy atom. The highest BCUT2D eigenvalue weighted by Gasteiger charge is 2.23. The summed E-state index contributed by atoms with van der Waals surface area (Å²) in [7, 11) is 0. The molecule has 3 aromatic rings. The highest BCUT2D eigenvalue weighted by atomic mass is 35.5. The normalized spacial score (nSPS) is 12.8. The molecule has 1 aromatic carbocycles. The van der Waals surface area contributed by atoms with Crippen molar-refractivity contribution in [3.8, 4) is 11.5 Å². The lowest BCUT2D eigenvalue weighted by Crippen LogP contribution is -2.30. The molecule has 3 heterocycles. The van der Waals surface area contributed by atoms with Crippen LogP contribution in [0.3, 0.4) is 0 Å². The molecule has 1 aliphatic heterocycles. The highest BCUT2D eigenvalue weighted by Crippen LogP contribution is 2.35. The molecule has 1 amide bonds. The van der Waals surface area contributed by atoms with Crippen molar-refractivity contribution in [2.45, 2.75) is 6.54 Å². The van der Waals surface area contributed by atoms with Gasteiger partial charge in [0.05, 0.1) is 6.54 Å². The number of carbonyl (C=O) groups excluding carboxylic acids is 1. The second-order valence-corrected chi connectivity index (χ2v) is 6.81. The van der Waals surface area contributed by atoms with E-state index >= 15 is 0 Å². The third-order valence-corrected chi connectivity index (χ3v) is 4.82. The Labute approximate surface area is 153 Å². The number of halogens is 1. The molecule has 25 heavy (non-hydrogen) atoms. The third-order valence-electron chi connectivity index (χ3n) is 3.76. The molecular formula is C18H14ClNO4S. The van der Waals surface area contributed by atoms with E-state index in [0.29, 0.717) is 36.9 Å². The average Bonchev–Trinajstić information content (AvgIpc) is 3.30. The molecule has 5 nitrogen and oxygen atoms in total. The summed E-state index contributed by atoms with van der Waals surface area (Å²) in [6, 6.07) is 12.5. The van der Waals surface area contributed by atoms with Crippen LogP contribution in [-0.4, -0.2) is 19.1 Å². The molecule has 0 spiro atoms. The maximum absolute atomic E-state index is 13.0. The lowest BCUT2D eigenvalue weighted by atomic mass is 10.2. The van der Waals surface area contributed by atoms with Gasteiger partial charge in [-0.3, -0.25) is 4.79 Å². The summed E-state index contributed by atoms with van der Waals surface area (Å²) >= 11 is 7.41. The smallest absolute Gasteiger partial charge is 0.294 e. The molecule has 0 atom stereocenters. The van der Waals surface area contributed by atoms with Crippen molar-refractivity contribution >= 4 is 34.5 Å². The van der Waals surface area contributed by atoms with Gasteiger partial charge >= 0.3 is 0 Å². The molecule has 7 heteroatoms. The molecule has 2 aromatic heterocycles. The predicted molar refractivity (Wildman–Crippen MR) is 96.0 cm³/mol. The Hall–Kier alpha value is -2.44. The van der Waals surface area contributed by atoms with Crippen molar-refractivity contribution in [3.63, 3.8) is 0 Å². The molecule has 4 rings (SSSR count). The highest BCUT2D eigenvalue weighted by molar-refractivity contribution is 7.09. The molecule has 0 aliphatic carbocycles. The fraction of sp³-hybridized carbons (Fsp3) is 0.167. The minimum Gasteiger partial charge on any atom is -0.486 e. The first-order valence-electron chi connectivity index (χ1n) is 7.70. The molecule has 0 N–H and O–H groups in total. The van der Waals surface area contributed by atoms with Crippen LogP contribution in [0.2, 0.25) is 5.22 Å². The molecule has 0 bridgehead atoms. The number of thiophene rings is 1. The van der Waals surface area contributed by atoms with Crippen molar-refractivity contribution in [1.29, 1.82) is 0 Å². The van der Waals surface area contributed by atoms with Gasteiger partial charge in [0.15, 0.2) is 22.5 Å². The second-order valence-electron chi connectivity index (χ2n) is 5.40. The number of nitrogens with zero attached hydrogens (tertiary/aromatic N) is 1. The lowest BCUT2D eigenvalue weighted by Gasteiger charge is -2.24. The van der Waals surface area contributed by atoms with E-state index in [9.17, 15) is 4.79 Å². The molecular weight excluding hydrogens is 362 g/mol. The summed E-state index contributed by atoms with van der Waals surface area (Å²) in [5.74, 6) is 1.23. The number of ether oxygens (including phenoxy) is 2. The summed E-state index contributed by atoms with van der Waals surface area (Å²) in [5, 5.41) is 2.16. The van der Waals surface area contributed by atoms with Crippen LogP contribution in [0.15, 0.2) is 52.3 Å². The SMILES string of the molecule is O=C(c1ccc(Cl)o1)N(Cc1cccs1)c1ccc2c(c1)OCCO2. The maximum Gasteiger partial charge on any atom is 0.294 e. The van der Waals surface area contributed by atoms with Crippen LogP contribution in [0, 0.1) is 0 Å². The van der Waals surface area contributed by atoms with Gasteiger partial charge in [-0.2, -0.15) is 0 Å². The standard InChI is InChI=1S/C18H14ClNO4S/c19-17-6-5-15(24-17)18(21)20(11-13-2-1-9-25-13)12-3-4-14-16(10-12)23-8-7-22-14/h1-6,9-10H,7-8,11H2. The second kappa shape index (κ2) is 6.82. The van der Waals surface area contributed by atoms with Crippen LogP contribution in [0.25, 0.3) is 0 Å². The Bertz CT molecular complexity index is 890. The summed E-state index contributed by atoms with van der Waals surface area (Å²) in [4.78, 5) is 15.7. The van der Waals surface area contributed by atoms with Crippen molar-refractivity contribution < 1.29 is 18.7 Å². The zero-order chi connectivity index (χ0) is 17.2. The Morgan fingerprint density at radius 2 is 1.96 bits per heavy atom. The van der Waals surface area contributed by atoms with Crippen LogP contribution < -0.4 is 14.4 Å². The van der Waals surface area contributed by atoms with Gasteiger partial charge in [0.2, 0.25) is 0 Å². The zero-order valence-electron chi connectivity index (χ0n) is 13.1. The molecule has 1 aliphatic rings. The summed E-state index contributed by atoms with van der Waals surface area (Å²) < 4.78 is 16.5. The fourth-order valence-corrected chi connectivity index (χ4v) is 3.44. The number of carbonyl (C=O) groups is 1. The number of anilines is 1. The first-order valence-corrected chi connectivity index (χ1v) is 8.96. The number of hydrogen-bond donors (Lipinski definition) is 0. The minimum atomic E-state index is -0.267. The maximum atomic E-state index is 13.0. The minimum absolute atomic E-state index is 0.182. The van der Waals surface area contributed by atoms with Gasteiger partial charge < -0.3 is 18.8 Å². The lowest BCUT2D eigenvalue weighted by molar-refractivity contribution is 0.0958. The van der Waals surface area contributed by atoms with E-state index in [1.54, 1.807) is 28.4 Å². The summed E-state index contributed by atoms with van der Waals surface area (Å²) in [6.45, 7) is 1.44. The first-order chi connectivity index (χ1) is 12.2. The Morgan fingerprint density at radius 3 is 2.68 bits per heavy atom. The monoisotopic (exact) mass is 375 g/mol. The predicted octanol–water partition coefficient (Wildman–Crippen LogP) is 4.61. The molecule has 0 radical (unpaired) electrons. The van der Waals surface area contributed by atoms with Gasteiger partial charge in [0, 0.05) is 16.6 Å². The van der Waals surface area contributed by atoms with E-state index in [1.807, 2.05) is 35.7 Å². The van der Waals surface area contributed by atoms with Crippen LogP contribution in [0.1, 0.15) is 15.4 Å². The number of hydrogen-bond acceptors (Lipinski definition) is 5. The van der Waals surface area contributed by atoms with Crippen LogP contribution in [-0.2, 0) is 6.54 Å². The molecule has 128 valence electrons. The van der Waals surface area contributed by atoms with Crippen LogP contribution >= 0.6 is 22.9 Å². The Balaban J connectivity index is 1.70. The number of amides is 1. The first kappa shape index (κ1) is 16.1. The molecule has 0 saturated heterocycles. The molecule has 0 unspecified atom stereocenters. The number of rotatable bonds is 4. The summed E-state index contributed by atoms with van der Waals surface area (Å²) in [5.41, 5.74) is 0.704. The van der Waals surface area contributed by atoms with E-state index in [0.717, 1.165) is 4.88 Å². The van der Waals surface area contributed by atoms with Crippen LogP contribution in [0.5, 0.6) is 11.5 Å². The average molecular weight is 376 g/mol. The van der Waals surface area contributed by atoms with Gasteiger partial charge in [-0.15, -0.1) is 11.3 Å². The molecule has 0 fully saturated rings. The summed E-state index contributed by atoms with van der Waals surface area (Å²) in [6.07, 6.45) is 0. The van der Waals surface area contributed by atoms with E-state index < -0.39 is 0 Å². The van der Waals surface area contributed by atoms with E-state index in [1.165, 1.54) is 0 Å². The quantitative estimate of drug-likeness (QED) is 0.668. The van der Waals surface area contributed by atoms with E-state index in [4.69, 9.17) is 25.5 Å². The van der Waals surface area contributed by atoms with Crippen molar-refractivity contribution in [2.75, 3.05) is 18.1 Å². The third kappa shape index (κ3) is 3.36. The van der Waals surface area contributed by atoms with Crippen molar-refractivity contribution in [3.05, 3.63) is 63.7 Å². The van der Waals surface area contributed by atoms with Gasteiger partial charge in [-0.25, -0.2) is 0 Å². The number of furan rings is 1. The molecule has 0 saturated carbocycles. The van der Waals surface area contributed by atoms with E-state index in [-0.39, 0.29) is 16.9 Å². The van der Waals surface area contributed by atoms with E-state index in [2.05, 4.69) is 0 Å². The van der Waals surface area contributed by atoms with Gasteiger partial charge in [0.25, 0.3) is 5.91 Å². The Kier molecular flexibility index (Phi) is 4.38. The number of benzene rings is 1. The zero-order valence-corrected chi connectivity index (χ0v) is 14.7. The topological polar surface area (TPSA) is 51.9 Å². The van der Waals surface area contributed by atoms with Crippen molar-refractivity contribution in [2.24, 2.45) is 0 Å².